The zero-order chi connectivity index (χ0) is 30.0. The van der Waals surface area contributed by atoms with E-state index in [1.807, 2.05) is 0 Å². The van der Waals surface area contributed by atoms with E-state index in [-0.39, 0.29) is 23.3 Å². The van der Waals surface area contributed by atoms with E-state index < -0.39 is 17.9 Å². The number of ether oxygens (including phenoxy) is 3. The van der Waals surface area contributed by atoms with Crippen LogP contribution in [0.25, 0.3) is 0 Å². The topological polar surface area (TPSA) is 78.9 Å². The SMILES string of the molecule is CCCCCCCCCCOC(=O)c1cc(C(=O)OCCCCCCCC)ccc1C(=O)OCCCCCCCC. The van der Waals surface area contributed by atoms with Crippen LogP contribution in [0.1, 0.15) is 180 Å². The molecule has 0 amide bonds. The van der Waals surface area contributed by atoms with Crippen LogP contribution in [0.4, 0.5) is 0 Å². The van der Waals surface area contributed by atoms with E-state index >= 15 is 0 Å². The van der Waals surface area contributed by atoms with Crippen molar-refractivity contribution >= 4 is 17.9 Å². The number of hydrogen-bond acceptors (Lipinski definition) is 6. The van der Waals surface area contributed by atoms with Gasteiger partial charge in [0.15, 0.2) is 0 Å². The summed E-state index contributed by atoms with van der Waals surface area (Å²) in [6, 6.07) is 4.43. The molecule has 6 heteroatoms. The van der Waals surface area contributed by atoms with Crippen molar-refractivity contribution in [2.45, 2.75) is 149 Å². The zero-order valence-corrected chi connectivity index (χ0v) is 26.4. The van der Waals surface area contributed by atoms with Gasteiger partial charge in [-0.1, -0.05) is 130 Å². The molecule has 0 fully saturated rings. The second kappa shape index (κ2) is 25.3. The average Bonchev–Trinajstić information content (AvgIpc) is 2.98. The Morgan fingerprint density at radius 3 is 1.20 bits per heavy atom. The second-order valence-corrected chi connectivity index (χ2v) is 11.2. The molecular weight excluding hydrogens is 516 g/mol. The van der Waals surface area contributed by atoms with Crippen LogP contribution < -0.4 is 0 Å². The molecule has 0 heterocycles. The highest BCUT2D eigenvalue weighted by Crippen LogP contribution is 2.18. The molecule has 0 aliphatic heterocycles. The minimum atomic E-state index is -0.606. The molecule has 0 N–H and O–H groups in total. The van der Waals surface area contributed by atoms with Crippen molar-refractivity contribution in [1.82, 2.24) is 0 Å². The lowest BCUT2D eigenvalue weighted by atomic mass is 10.0. The first-order valence-electron chi connectivity index (χ1n) is 16.7. The fourth-order valence-corrected chi connectivity index (χ4v) is 4.75. The Kier molecular flexibility index (Phi) is 22.7. The van der Waals surface area contributed by atoms with Crippen LogP contribution >= 0.6 is 0 Å². The first-order valence-corrected chi connectivity index (χ1v) is 16.7. The van der Waals surface area contributed by atoms with Gasteiger partial charge < -0.3 is 14.2 Å². The van der Waals surface area contributed by atoms with Gasteiger partial charge >= 0.3 is 17.9 Å². The lowest BCUT2D eigenvalue weighted by Gasteiger charge is -2.12. The summed E-state index contributed by atoms with van der Waals surface area (Å²) in [5.41, 5.74) is 0.429. The maximum atomic E-state index is 13.0. The zero-order valence-electron chi connectivity index (χ0n) is 26.4. The van der Waals surface area contributed by atoms with Crippen molar-refractivity contribution in [2.24, 2.45) is 0 Å². The molecule has 6 nitrogen and oxygen atoms in total. The summed E-state index contributed by atoms with van der Waals surface area (Å²) in [4.78, 5) is 38.6. The van der Waals surface area contributed by atoms with Crippen LogP contribution in [-0.2, 0) is 14.2 Å². The number of benzene rings is 1. The summed E-state index contributed by atoms with van der Waals surface area (Å²) in [5, 5.41) is 0. The number of rotatable bonds is 26. The Balaban J connectivity index is 2.69. The van der Waals surface area contributed by atoms with Gasteiger partial charge in [0.25, 0.3) is 0 Å². The van der Waals surface area contributed by atoms with Crippen LogP contribution in [0.5, 0.6) is 0 Å². The first kappa shape index (κ1) is 36.7. The predicted molar refractivity (Wildman–Crippen MR) is 167 cm³/mol. The smallest absolute Gasteiger partial charge is 0.339 e. The van der Waals surface area contributed by atoms with Crippen molar-refractivity contribution < 1.29 is 28.6 Å². The molecule has 0 saturated carbocycles. The normalized spacial score (nSPS) is 10.9. The number of unbranched alkanes of at least 4 members (excludes halogenated alkanes) is 17. The van der Waals surface area contributed by atoms with E-state index in [1.54, 1.807) is 0 Å². The largest absolute Gasteiger partial charge is 0.462 e. The van der Waals surface area contributed by atoms with Crippen LogP contribution in [0, 0.1) is 0 Å². The van der Waals surface area contributed by atoms with Crippen molar-refractivity contribution in [3.63, 3.8) is 0 Å². The van der Waals surface area contributed by atoms with Gasteiger partial charge in [-0.05, 0) is 37.5 Å². The van der Waals surface area contributed by atoms with Crippen molar-refractivity contribution in [3.05, 3.63) is 34.9 Å². The lowest BCUT2D eigenvalue weighted by Crippen LogP contribution is -2.17. The van der Waals surface area contributed by atoms with E-state index in [4.69, 9.17) is 14.2 Å². The predicted octanol–water partition coefficient (Wildman–Crippen LogP) is 10.0. The Bertz CT molecular complexity index is 834. The molecule has 0 bridgehead atoms. The first-order chi connectivity index (χ1) is 20.0. The van der Waals surface area contributed by atoms with Crippen molar-refractivity contribution in [1.29, 1.82) is 0 Å². The molecule has 0 aliphatic carbocycles. The number of carbonyl (C=O) groups excluding carboxylic acids is 3. The van der Waals surface area contributed by atoms with Gasteiger partial charge in [0.2, 0.25) is 0 Å². The summed E-state index contributed by atoms with van der Waals surface area (Å²) in [5.74, 6) is -1.67. The highest BCUT2D eigenvalue weighted by atomic mass is 16.5. The molecule has 0 unspecified atom stereocenters. The molecule has 0 atom stereocenters. The minimum Gasteiger partial charge on any atom is -0.462 e. The lowest BCUT2D eigenvalue weighted by molar-refractivity contribution is 0.0448. The molecule has 1 aromatic carbocycles. The van der Waals surface area contributed by atoms with Crippen LogP contribution in [0.2, 0.25) is 0 Å². The van der Waals surface area contributed by atoms with Crippen LogP contribution in [0.15, 0.2) is 18.2 Å². The maximum Gasteiger partial charge on any atom is 0.339 e. The Labute approximate surface area is 250 Å². The van der Waals surface area contributed by atoms with E-state index in [1.165, 1.54) is 88.8 Å². The van der Waals surface area contributed by atoms with E-state index in [0.717, 1.165) is 57.8 Å². The van der Waals surface area contributed by atoms with Crippen LogP contribution in [0.3, 0.4) is 0 Å². The molecule has 0 radical (unpaired) electrons. The Morgan fingerprint density at radius 2 is 0.780 bits per heavy atom. The Hall–Kier alpha value is -2.37. The highest BCUT2D eigenvalue weighted by molar-refractivity contribution is 6.05. The molecule has 0 spiro atoms. The third-order valence-corrected chi connectivity index (χ3v) is 7.39. The fraction of sp³-hybridized carbons (Fsp3) is 0.743. The standard InChI is InChI=1S/C35H58O6/c1-4-7-10-13-16-17-20-23-28-41-35(38)32-29-30(33(36)39-26-21-18-14-11-8-5-2)24-25-31(32)34(37)40-27-22-19-15-12-9-6-3/h24-25,29H,4-23,26-28H2,1-3H3. The van der Waals surface area contributed by atoms with Gasteiger partial charge in [-0.3, -0.25) is 0 Å². The summed E-state index contributed by atoms with van der Waals surface area (Å²) in [6.45, 7) is 7.51. The number of carbonyl (C=O) groups is 3. The molecule has 0 aliphatic rings. The van der Waals surface area contributed by atoms with Gasteiger partial charge in [0, 0.05) is 0 Å². The highest BCUT2D eigenvalue weighted by Gasteiger charge is 2.22. The molecule has 0 aromatic heterocycles. The van der Waals surface area contributed by atoms with Gasteiger partial charge in [-0.2, -0.15) is 0 Å². The molecular formula is C35H58O6. The second-order valence-electron chi connectivity index (χ2n) is 11.2. The third kappa shape index (κ3) is 17.9. The molecule has 0 saturated heterocycles. The van der Waals surface area contributed by atoms with Crippen LogP contribution in [-0.4, -0.2) is 37.7 Å². The maximum absolute atomic E-state index is 13.0. The fourth-order valence-electron chi connectivity index (χ4n) is 4.75. The molecule has 41 heavy (non-hydrogen) atoms. The Morgan fingerprint density at radius 1 is 0.439 bits per heavy atom. The quantitative estimate of drug-likeness (QED) is 0.0622. The summed E-state index contributed by atoms with van der Waals surface area (Å²) < 4.78 is 16.4. The molecule has 1 rings (SSSR count). The van der Waals surface area contributed by atoms with Gasteiger partial charge in [0.1, 0.15) is 0 Å². The van der Waals surface area contributed by atoms with E-state index in [2.05, 4.69) is 20.8 Å². The van der Waals surface area contributed by atoms with Crippen molar-refractivity contribution in [3.8, 4) is 0 Å². The number of hydrogen-bond donors (Lipinski definition) is 0. The molecule has 234 valence electrons. The average molecular weight is 575 g/mol. The van der Waals surface area contributed by atoms with Gasteiger partial charge in [-0.25, -0.2) is 14.4 Å². The summed E-state index contributed by atoms with van der Waals surface area (Å²) >= 11 is 0. The number of esters is 3. The summed E-state index contributed by atoms with van der Waals surface area (Å²) in [6.07, 6.45) is 22.3. The van der Waals surface area contributed by atoms with E-state index in [0.29, 0.717) is 13.2 Å². The minimum absolute atomic E-state index is 0.0616. The summed E-state index contributed by atoms with van der Waals surface area (Å²) in [7, 11) is 0. The van der Waals surface area contributed by atoms with E-state index in [9.17, 15) is 14.4 Å². The molecule has 1 aromatic rings. The van der Waals surface area contributed by atoms with Gasteiger partial charge in [0.05, 0.1) is 36.5 Å². The van der Waals surface area contributed by atoms with Gasteiger partial charge in [-0.15, -0.1) is 0 Å². The third-order valence-electron chi connectivity index (χ3n) is 7.39. The van der Waals surface area contributed by atoms with Crippen molar-refractivity contribution in [2.75, 3.05) is 19.8 Å². The monoisotopic (exact) mass is 574 g/mol.